The summed E-state index contributed by atoms with van der Waals surface area (Å²) in [7, 11) is 0. The zero-order valence-corrected chi connectivity index (χ0v) is 11.7. The van der Waals surface area contributed by atoms with Crippen LogP contribution in [0.15, 0.2) is 24.3 Å². The second-order valence-electron chi connectivity index (χ2n) is 5.68. The third-order valence-electron chi connectivity index (χ3n) is 4.29. The minimum absolute atomic E-state index is 0.0317. The number of nitrogens with zero attached hydrogens (tertiary/aromatic N) is 1. The number of esters is 1. The quantitative estimate of drug-likeness (QED) is 0.612. The van der Waals surface area contributed by atoms with E-state index in [1.807, 2.05) is 12.1 Å². The first kappa shape index (κ1) is 13.3. The van der Waals surface area contributed by atoms with Crippen molar-refractivity contribution in [3.8, 4) is 5.75 Å². The third-order valence-corrected chi connectivity index (χ3v) is 4.29. The van der Waals surface area contributed by atoms with Crippen molar-refractivity contribution in [2.24, 2.45) is 0 Å². The molecule has 0 N–H and O–H groups in total. The van der Waals surface area contributed by atoms with E-state index < -0.39 is 0 Å². The van der Waals surface area contributed by atoms with Crippen LogP contribution in [0.1, 0.15) is 37.7 Å². The SMILES string of the molecule is CC(=O)Oc1ccc(C2CN3CCCC3CC2=O)cc1. The highest BCUT2D eigenvalue weighted by Gasteiger charge is 2.37. The van der Waals surface area contributed by atoms with E-state index in [0.29, 0.717) is 24.0 Å². The van der Waals surface area contributed by atoms with Gasteiger partial charge in [-0.3, -0.25) is 14.5 Å². The highest BCUT2D eigenvalue weighted by molar-refractivity contribution is 5.87. The van der Waals surface area contributed by atoms with Crippen LogP contribution in [0.4, 0.5) is 0 Å². The fourth-order valence-corrected chi connectivity index (χ4v) is 3.30. The van der Waals surface area contributed by atoms with Crippen LogP contribution >= 0.6 is 0 Å². The molecule has 2 aliphatic heterocycles. The van der Waals surface area contributed by atoms with Gasteiger partial charge in [-0.05, 0) is 37.1 Å². The first-order chi connectivity index (χ1) is 9.63. The number of rotatable bonds is 2. The highest BCUT2D eigenvalue weighted by atomic mass is 16.5. The van der Waals surface area contributed by atoms with Gasteiger partial charge in [0.2, 0.25) is 0 Å². The molecule has 2 atom stereocenters. The van der Waals surface area contributed by atoms with E-state index in [1.165, 1.54) is 13.3 Å². The number of piperidine rings is 1. The van der Waals surface area contributed by atoms with Crippen LogP contribution < -0.4 is 4.74 Å². The molecule has 4 nitrogen and oxygen atoms in total. The smallest absolute Gasteiger partial charge is 0.308 e. The summed E-state index contributed by atoms with van der Waals surface area (Å²) in [6, 6.07) is 7.80. The molecular weight excluding hydrogens is 254 g/mol. The second kappa shape index (κ2) is 5.37. The molecular formula is C16H19NO3. The minimum atomic E-state index is -0.327. The van der Waals surface area contributed by atoms with Crippen molar-refractivity contribution in [3.05, 3.63) is 29.8 Å². The number of ether oxygens (including phenoxy) is 1. The molecule has 0 radical (unpaired) electrons. The summed E-state index contributed by atoms with van der Waals surface area (Å²) in [6.07, 6.45) is 3.04. The number of fused-ring (bicyclic) bond motifs is 1. The lowest BCUT2D eigenvalue weighted by molar-refractivity contribution is -0.132. The lowest BCUT2D eigenvalue weighted by Gasteiger charge is -2.34. The van der Waals surface area contributed by atoms with Gasteiger partial charge in [-0.15, -0.1) is 0 Å². The Morgan fingerprint density at radius 1 is 1.30 bits per heavy atom. The number of ketones is 1. The molecule has 0 spiro atoms. The maximum atomic E-state index is 12.3. The summed E-state index contributed by atoms with van der Waals surface area (Å²) in [5, 5.41) is 0. The van der Waals surface area contributed by atoms with Crippen LogP contribution in [0.3, 0.4) is 0 Å². The molecule has 0 amide bonds. The maximum Gasteiger partial charge on any atom is 0.308 e. The van der Waals surface area contributed by atoms with E-state index >= 15 is 0 Å². The van der Waals surface area contributed by atoms with Crippen LogP contribution in [-0.2, 0) is 9.59 Å². The molecule has 2 fully saturated rings. The predicted molar refractivity (Wildman–Crippen MR) is 74.7 cm³/mol. The molecule has 2 saturated heterocycles. The fourth-order valence-electron chi connectivity index (χ4n) is 3.30. The Morgan fingerprint density at radius 3 is 2.75 bits per heavy atom. The van der Waals surface area contributed by atoms with Gasteiger partial charge >= 0.3 is 5.97 Å². The van der Waals surface area contributed by atoms with Crippen molar-refractivity contribution in [3.63, 3.8) is 0 Å². The van der Waals surface area contributed by atoms with E-state index in [1.54, 1.807) is 12.1 Å². The van der Waals surface area contributed by atoms with Crippen molar-refractivity contribution >= 4 is 11.8 Å². The fraction of sp³-hybridized carbons (Fsp3) is 0.500. The Hall–Kier alpha value is -1.68. The standard InChI is InChI=1S/C16H19NO3/c1-11(18)20-14-6-4-12(5-7-14)15-10-17-8-2-3-13(17)9-16(15)19/h4-7,13,15H,2-3,8-10H2,1H3. The van der Waals surface area contributed by atoms with Crippen molar-refractivity contribution in [1.82, 2.24) is 4.90 Å². The second-order valence-corrected chi connectivity index (χ2v) is 5.68. The molecule has 20 heavy (non-hydrogen) atoms. The first-order valence-corrected chi connectivity index (χ1v) is 7.18. The lowest BCUT2D eigenvalue weighted by Crippen LogP contribution is -2.42. The number of carbonyl (C=O) groups is 2. The van der Waals surface area contributed by atoms with E-state index in [2.05, 4.69) is 4.90 Å². The van der Waals surface area contributed by atoms with E-state index in [9.17, 15) is 9.59 Å². The number of Topliss-reactive ketones (excluding diaryl/α,β-unsaturated/α-hetero) is 1. The Morgan fingerprint density at radius 2 is 2.05 bits per heavy atom. The summed E-state index contributed by atoms with van der Waals surface area (Å²) >= 11 is 0. The van der Waals surface area contributed by atoms with Gasteiger partial charge in [-0.1, -0.05) is 12.1 Å². The topological polar surface area (TPSA) is 46.6 Å². The van der Waals surface area contributed by atoms with Crippen molar-refractivity contribution in [2.45, 2.75) is 38.1 Å². The van der Waals surface area contributed by atoms with Gasteiger partial charge in [0.15, 0.2) is 0 Å². The first-order valence-electron chi connectivity index (χ1n) is 7.18. The molecule has 1 aromatic rings. The molecule has 1 aromatic carbocycles. The van der Waals surface area contributed by atoms with Gasteiger partial charge in [0.25, 0.3) is 0 Å². The van der Waals surface area contributed by atoms with Gasteiger partial charge in [0.1, 0.15) is 11.5 Å². The van der Waals surface area contributed by atoms with Gasteiger partial charge in [-0.25, -0.2) is 0 Å². The number of carbonyl (C=O) groups excluding carboxylic acids is 2. The van der Waals surface area contributed by atoms with Crippen LogP contribution in [0, 0.1) is 0 Å². The Labute approximate surface area is 118 Å². The monoisotopic (exact) mass is 273 g/mol. The van der Waals surface area contributed by atoms with E-state index in [4.69, 9.17) is 4.74 Å². The summed E-state index contributed by atoms with van der Waals surface area (Å²) in [4.78, 5) is 25.6. The molecule has 0 bridgehead atoms. The van der Waals surface area contributed by atoms with Crippen molar-refractivity contribution in [2.75, 3.05) is 13.1 Å². The van der Waals surface area contributed by atoms with Gasteiger partial charge in [0, 0.05) is 25.9 Å². The van der Waals surface area contributed by atoms with Gasteiger partial charge < -0.3 is 4.74 Å². The molecule has 0 saturated carbocycles. The molecule has 2 unspecified atom stereocenters. The minimum Gasteiger partial charge on any atom is -0.427 e. The number of benzene rings is 1. The Balaban J connectivity index is 1.74. The molecule has 2 aliphatic rings. The molecule has 0 aromatic heterocycles. The van der Waals surface area contributed by atoms with Crippen LogP contribution in [0.25, 0.3) is 0 Å². The maximum absolute atomic E-state index is 12.3. The zero-order valence-electron chi connectivity index (χ0n) is 11.7. The third kappa shape index (κ3) is 2.61. The van der Waals surface area contributed by atoms with Crippen LogP contribution in [0.2, 0.25) is 0 Å². The summed E-state index contributed by atoms with van der Waals surface area (Å²) < 4.78 is 5.02. The largest absolute Gasteiger partial charge is 0.427 e. The molecule has 3 rings (SSSR count). The molecule has 106 valence electrons. The average Bonchev–Trinajstić information content (AvgIpc) is 2.85. The molecule has 4 heteroatoms. The van der Waals surface area contributed by atoms with Crippen molar-refractivity contribution < 1.29 is 14.3 Å². The zero-order chi connectivity index (χ0) is 14.1. The highest BCUT2D eigenvalue weighted by Crippen LogP contribution is 2.33. The average molecular weight is 273 g/mol. The van der Waals surface area contributed by atoms with Gasteiger partial charge in [-0.2, -0.15) is 0 Å². The summed E-state index contributed by atoms with van der Waals surface area (Å²) in [5.41, 5.74) is 1.02. The van der Waals surface area contributed by atoms with Crippen LogP contribution in [-0.4, -0.2) is 35.8 Å². The van der Waals surface area contributed by atoms with E-state index in [0.717, 1.165) is 25.1 Å². The Bertz CT molecular complexity index is 523. The normalized spacial score (nSPS) is 26.4. The lowest BCUT2D eigenvalue weighted by atomic mass is 9.86. The summed E-state index contributed by atoms with van der Waals surface area (Å²) in [6.45, 7) is 3.32. The molecule has 0 aliphatic carbocycles. The predicted octanol–water partition coefficient (Wildman–Crippen LogP) is 2.13. The molecule has 2 heterocycles. The Kier molecular flexibility index (Phi) is 3.57. The van der Waals surface area contributed by atoms with Crippen LogP contribution in [0.5, 0.6) is 5.75 Å². The number of hydrogen-bond acceptors (Lipinski definition) is 4. The van der Waals surface area contributed by atoms with Gasteiger partial charge in [0.05, 0.1) is 5.92 Å². The van der Waals surface area contributed by atoms with E-state index in [-0.39, 0.29) is 11.9 Å². The van der Waals surface area contributed by atoms with Crippen molar-refractivity contribution in [1.29, 1.82) is 0 Å². The summed E-state index contributed by atoms with van der Waals surface area (Å²) in [5.74, 6) is 0.513. The number of hydrogen-bond donors (Lipinski definition) is 0.